The third-order valence-corrected chi connectivity index (χ3v) is 5.72. The van der Waals surface area contributed by atoms with Gasteiger partial charge in [0, 0.05) is 35.5 Å². The van der Waals surface area contributed by atoms with E-state index in [1.54, 1.807) is 30.7 Å². The molecule has 3 N–H and O–H groups in total. The number of hydrogen-bond donors (Lipinski definition) is 2. The maximum Gasteiger partial charge on any atom is 0.205 e. The molecule has 0 fully saturated rings. The van der Waals surface area contributed by atoms with Crippen molar-refractivity contribution in [1.29, 1.82) is 5.26 Å². The van der Waals surface area contributed by atoms with E-state index in [-0.39, 0.29) is 35.4 Å². The lowest BCUT2D eigenvalue weighted by Gasteiger charge is -2.33. The maximum absolute atomic E-state index is 13.4. The predicted octanol–water partition coefficient (Wildman–Crippen LogP) is 4.02. The molecule has 3 aromatic rings. The van der Waals surface area contributed by atoms with E-state index in [9.17, 15) is 14.4 Å². The van der Waals surface area contributed by atoms with Crippen LogP contribution in [0.25, 0.3) is 11.3 Å². The number of ketones is 1. The van der Waals surface area contributed by atoms with E-state index in [1.165, 1.54) is 12.1 Å². The molecule has 0 unspecified atom stereocenters. The lowest BCUT2D eigenvalue weighted by Crippen LogP contribution is -2.29. The Kier molecular flexibility index (Phi) is 4.44. The van der Waals surface area contributed by atoms with Crippen molar-refractivity contribution < 1.29 is 18.3 Å². The lowest BCUT2D eigenvalue weighted by molar-refractivity contribution is -0.117. The lowest BCUT2D eigenvalue weighted by atomic mass is 9.74. The van der Waals surface area contributed by atoms with Gasteiger partial charge in [0.15, 0.2) is 5.78 Å². The van der Waals surface area contributed by atoms with E-state index in [0.717, 1.165) is 0 Å². The number of rotatable bonds is 3. The number of furan rings is 1. The molecular weight excluding hydrogens is 399 g/mol. The topological polar surface area (TPSA) is 118 Å². The summed E-state index contributed by atoms with van der Waals surface area (Å²) < 4.78 is 24.6. The molecule has 7 nitrogen and oxygen atoms in total. The highest BCUT2D eigenvalue weighted by Crippen LogP contribution is 2.48. The van der Waals surface area contributed by atoms with Crippen LogP contribution in [-0.4, -0.2) is 16.0 Å². The molecule has 154 valence electrons. The van der Waals surface area contributed by atoms with Crippen molar-refractivity contribution in [1.82, 2.24) is 10.2 Å². The normalized spacial score (nSPS) is 21.0. The van der Waals surface area contributed by atoms with Gasteiger partial charge in [-0.2, -0.15) is 10.4 Å². The third-order valence-electron chi connectivity index (χ3n) is 5.72. The fraction of sp³-hybridized carbons (Fsp3) is 0.174. The van der Waals surface area contributed by atoms with Gasteiger partial charge in [-0.15, -0.1) is 0 Å². The fourth-order valence-corrected chi connectivity index (χ4v) is 4.31. The van der Waals surface area contributed by atoms with Crippen LogP contribution >= 0.6 is 0 Å². The van der Waals surface area contributed by atoms with Crippen LogP contribution in [0.4, 0.5) is 4.39 Å². The minimum atomic E-state index is -0.724. The van der Waals surface area contributed by atoms with E-state index >= 15 is 0 Å². The number of Topliss-reactive ketones (excluding diaryl/α,β-unsaturated/α-hetero) is 1. The zero-order valence-electron chi connectivity index (χ0n) is 16.3. The van der Waals surface area contributed by atoms with Crippen LogP contribution in [0.3, 0.4) is 0 Å². The number of ether oxygens (including phenoxy) is 1. The van der Waals surface area contributed by atoms with Gasteiger partial charge in [-0.05, 0) is 36.4 Å². The van der Waals surface area contributed by atoms with Crippen LogP contribution in [0, 0.1) is 17.1 Å². The summed E-state index contributed by atoms with van der Waals surface area (Å²) in [7, 11) is 0. The van der Waals surface area contributed by atoms with Gasteiger partial charge in [-0.3, -0.25) is 9.89 Å². The number of halogens is 1. The summed E-state index contributed by atoms with van der Waals surface area (Å²) in [6.45, 7) is 0. The molecule has 1 aliphatic heterocycles. The molecule has 0 spiro atoms. The van der Waals surface area contributed by atoms with Gasteiger partial charge in [0.05, 0.1) is 24.1 Å². The van der Waals surface area contributed by atoms with E-state index < -0.39 is 5.92 Å². The molecule has 0 saturated heterocycles. The summed E-state index contributed by atoms with van der Waals surface area (Å²) in [5, 5.41) is 16.8. The Balaban J connectivity index is 1.63. The Labute approximate surface area is 176 Å². The van der Waals surface area contributed by atoms with Crippen molar-refractivity contribution in [3.63, 3.8) is 0 Å². The van der Waals surface area contributed by atoms with Crippen molar-refractivity contribution in [3.8, 4) is 17.3 Å². The van der Waals surface area contributed by atoms with E-state index in [0.29, 0.717) is 40.3 Å². The van der Waals surface area contributed by atoms with Gasteiger partial charge in [-0.1, -0.05) is 0 Å². The zero-order chi connectivity index (χ0) is 21.5. The molecule has 0 amide bonds. The molecule has 2 aromatic heterocycles. The molecule has 2 aliphatic rings. The van der Waals surface area contributed by atoms with Gasteiger partial charge in [0.2, 0.25) is 5.88 Å². The second-order valence-corrected chi connectivity index (χ2v) is 7.51. The monoisotopic (exact) mass is 416 g/mol. The molecule has 1 aliphatic carbocycles. The van der Waals surface area contributed by atoms with Crippen molar-refractivity contribution >= 4 is 5.78 Å². The summed E-state index contributed by atoms with van der Waals surface area (Å²) >= 11 is 0. The number of hydrogen-bond acceptors (Lipinski definition) is 6. The predicted molar refractivity (Wildman–Crippen MR) is 107 cm³/mol. The largest absolute Gasteiger partial charge is 0.469 e. The van der Waals surface area contributed by atoms with Crippen molar-refractivity contribution in [3.05, 3.63) is 88.8 Å². The number of nitriles is 1. The molecular formula is C23H17FN4O3. The molecule has 0 radical (unpaired) electrons. The highest BCUT2D eigenvalue weighted by atomic mass is 19.1. The Morgan fingerprint density at radius 1 is 1.23 bits per heavy atom. The Morgan fingerprint density at radius 3 is 2.74 bits per heavy atom. The number of nitrogens with two attached hydrogens (primary N) is 1. The molecule has 5 rings (SSSR count). The second kappa shape index (κ2) is 7.29. The minimum Gasteiger partial charge on any atom is -0.469 e. The van der Waals surface area contributed by atoms with Crippen LogP contribution in [0.5, 0.6) is 0 Å². The molecule has 1 aromatic carbocycles. The number of aromatic nitrogens is 2. The highest BCUT2D eigenvalue weighted by molar-refractivity contribution is 6.00. The Bertz CT molecular complexity index is 1260. The van der Waals surface area contributed by atoms with Crippen molar-refractivity contribution in [2.75, 3.05) is 0 Å². The number of nitrogens with zero attached hydrogens (tertiary/aromatic N) is 2. The number of nitrogens with one attached hydrogen (secondary N) is 1. The smallest absolute Gasteiger partial charge is 0.205 e. The number of benzene rings is 1. The van der Waals surface area contributed by atoms with Gasteiger partial charge in [0.25, 0.3) is 0 Å². The summed E-state index contributed by atoms with van der Waals surface area (Å²) in [6.07, 6.45) is 3.79. The molecule has 3 heterocycles. The van der Waals surface area contributed by atoms with Gasteiger partial charge >= 0.3 is 0 Å². The number of aromatic amines is 1. The molecule has 2 atom stereocenters. The van der Waals surface area contributed by atoms with Crippen molar-refractivity contribution in [2.45, 2.75) is 24.7 Å². The summed E-state index contributed by atoms with van der Waals surface area (Å²) in [5.74, 6) is -0.301. The SMILES string of the molecule is N#CC1=C(N)OC2=C(C(=O)C[C@H](c3ccco3)C2)[C@H]1c1cn[nH]c1-c1ccc(F)cc1. The Hall–Kier alpha value is -4.12. The summed E-state index contributed by atoms with van der Waals surface area (Å²) in [6, 6.07) is 11.6. The second-order valence-electron chi connectivity index (χ2n) is 7.51. The summed E-state index contributed by atoms with van der Waals surface area (Å²) in [5.41, 5.74) is 8.51. The molecule has 0 saturated carbocycles. The van der Waals surface area contributed by atoms with Crippen LogP contribution < -0.4 is 5.73 Å². The molecule has 31 heavy (non-hydrogen) atoms. The average Bonchev–Trinajstić information content (AvgIpc) is 3.45. The van der Waals surface area contributed by atoms with E-state index in [1.807, 2.05) is 6.07 Å². The number of carbonyl (C=O) groups is 1. The Morgan fingerprint density at radius 2 is 2.03 bits per heavy atom. The van der Waals surface area contributed by atoms with Crippen LogP contribution in [-0.2, 0) is 9.53 Å². The van der Waals surface area contributed by atoms with Crippen LogP contribution in [0.1, 0.15) is 36.0 Å². The van der Waals surface area contributed by atoms with E-state index in [2.05, 4.69) is 16.3 Å². The van der Waals surface area contributed by atoms with Crippen molar-refractivity contribution in [2.24, 2.45) is 5.73 Å². The average molecular weight is 416 g/mol. The highest BCUT2D eigenvalue weighted by Gasteiger charge is 2.42. The first-order valence-corrected chi connectivity index (χ1v) is 9.73. The summed E-state index contributed by atoms with van der Waals surface area (Å²) in [4.78, 5) is 13.3. The first-order chi connectivity index (χ1) is 15.1. The molecule has 0 bridgehead atoms. The number of H-pyrrole nitrogens is 1. The quantitative estimate of drug-likeness (QED) is 0.666. The van der Waals surface area contributed by atoms with Gasteiger partial charge < -0.3 is 14.9 Å². The maximum atomic E-state index is 13.4. The van der Waals surface area contributed by atoms with Crippen LogP contribution in [0.2, 0.25) is 0 Å². The van der Waals surface area contributed by atoms with Crippen LogP contribution in [0.15, 0.2) is 76.1 Å². The number of carbonyl (C=O) groups excluding carboxylic acids is 1. The third kappa shape index (κ3) is 3.11. The first-order valence-electron chi connectivity index (χ1n) is 9.73. The standard InChI is InChI=1S/C23H17FN4O3/c24-14-5-3-12(4-6-14)22-16(11-27-28-22)20-15(10-25)23(26)31-19-9-13(8-17(29)21(19)20)18-2-1-7-30-18/h1-7,11,13,20H,8-9,26H2,(H,27,28)/t13-,20+/m0/s1. The minimum absolute atomic E-state index is 0.0367. The van der Waals surface area contributed by atoms with Gasteiger partial charge in [0.1, 0.15) is 29.0 Å². The molecule has 8 heteroatoms. The first kappa shape index (κ1) is 18.9. The van der Waals surface area contributed by atoms with E-state index in [4.69, 9.17) is 14.9 Å². The fourth-order valence-electron chi connectivity index (χ4n) is 4.31. The van der Waals surface area contributed by atoms with Gasteiger partial charge in [-0.25, -0.2) is 4.39 Å². The number of allylic oxidation sites excluding steroid dienone is 3. The zero-order valence-corrected chi connectivity index (χ0v) is 16.3.